The van der Waals surface area contributed by atoms with Crippen molar-refractivity contribution in [2.24, 2.45) is 7.05 Å². The van der Waals surface area contributed by atoms with E-state index in [0.29, 0.717) is 19.7 Å². The number of aliphatic carboxylic acids is 1. The van der Waals surface area contributed by atoms with E-state index in [1.165, 1.54) is 0 Å². The summed E-state index contributed by atoms with van der Waals surface area (Å²) in [5, 5.41) is 10.1. The number of hydrogen-bond donors (Lipinski definition) is 2. The third-order valence-electron chi connectivity index (χ3n) is 4.36. The molecule has 0 aromatic carbocycles. The third kappa shape index (κ3) is 6.32. The van der Waals surface area contributed by atoms with Crippen molar-refractivity contribution in [1.29, 1.82) is 0 Å². The van der Waals surface area contributed by atoms with Gasteiger partial charge in [0.25, 0.3) is 0 Å². The highest BCUT2D eigenvalue weighted by molar-refractivity contribution is 5.84. The van der Waals surface area contributed by atoms with Crippen LogP contribution in [0.3, 0.4) is 0 Å². The van der Waals surface area contributed by atoms with Gasteiger partial charge in [-0.15, -0.1) is 0 Å². The van der Waals surface area contributed by atoms with Crippen LogP contribution in [-0.2, 0) is 34.5 Å². The molecule has 0 spiro atoms. The SMILES string of the molecule is COCCNC(=O)C1CN(Cc2ccoc2)Cc2ncn(C)c21.O=C(O)C(F)(F)F. The number of halogens is 3. The first-order valence-corrected chi connectivity index (χ1v) is 8.93. The van der Waals surface area contributed by atoms with Gasteiger partial charge < -0.3 is 24.1 Å². The normalized spacial score (nSPS) is 16.4. The van der Waals surface area contributed by atoms with E-state index in [4.69, 9.17) is 19.1 Å². The maximum absolute atomic E-state index is 12.6. The Morgan fingerprint density at radius 3 is 2.70 bits per heavy atom. The first-order chi connectivity index (χ1) is 14.1. The number of carboxylic acids is 1. The summed E-state index contributed by atoms with van der Waals surface area (Å²) in [6.07, 6.45) is 0.101. The molecule has 0 saturated heterocycles. The van der Waals surface area contributed by atoms with Gasteiger partial charge in [-0.1, -0.05) is 0 Å². The first-order valence-electron chi connectivity index (χ1n) is 8.93. The molecule has 2 N–H and O–H groups in total. The van der Waals surface area contributed by atoms with E-state index in [1.807, 2.05) is 17.7 Å². The lowest BCUT2D eigenvalue weighted by Crippen LogP contribution is -2.42. The van der Waals surface area contributed by atoms with Gasteiger partial charge in [0.1, 0.15) is 0 Å². The zero-order chi connectivity index (χ0) is 22.3. The molecule has 0 aliphatic carbocycles. The highest BCUT2D eigenvalue weighted by atomic mass is 19.4. The molecule has 0 saturated carbocycles. The van der Waals surface area contributed by atoms with Crippen molar-refractivity contribution in [2.75, 3.05) is 26.8 Å². The molecule has 1 aliphatic heterocycles. The number of amides is 1. The van der Waals surface area contributed by atoms with Crippen LogP contribution in [0.2, 0.25) is 0 Å². The zero-order valence-electron chi connectivity index (χ0n) is 16.5. The van der Waals surface area contributed by atoms with Gasteiger partial charge in [-0.2, -0.15) is 13.2 Å². The quantitative estimate of drug-likeness (QED) is 0.666. The average Bonchev–Trinajstić information content (AvgIpc) is 3.31. The van der Waals surface area contributed by atoms with Gasteiger partial charge in [0.15, 0.2) is 0 Å². The second-order valence-electron chi connectivity index (χ2n) is 6.63. The predicted octanol–water partition coefficient (Wildman–Crippen LogP) is 1.51. The molecule has 3 rings (SSSR count). The highest BCUT2D eigenvalue weighted by Crippen LogP contribution is 2.28. The molecule has 1 atom stereocenters. The minimum absolute atomic E-state index is 0.0174. The van der Waals surface area contributed by atoms with Crippen molar-refractivity contribution >= 4 is 11.9 Å². The summed E-state index contributed by atoms with van der Waals surface area (Å²) in [6, 6.07) is 1.95. The molecule has 1 amide bonds. The van der Waals surface area contributed by atoms with Crippen LogP contribution in [-0.4, -0.2) is 64.4 Å². The van der Waals surface area contributed by atoms with Crippen LogP contribution < -0.4 is 5.32 Å². The van der Waals surface area contributed by atoms with Crippen LogP contribution in [0.5, 0.6) is 0 Å². The van der Waals surface area contributed by atoms with Crippen LogP contribution >= 0.6 is 0 Å². The fraction of sp³-hybridized carbons (Fsp3) is 0.500. The molecule has 2 aromatic rings. The van der Waals surface area contributed by atoms with Crippen LogP contribution in [0.4, 0.5) is 13.2 Å². The molecule has 12 heteroatoms. The number of aromatic nitrogens is 2. The summed E-state index contributed by atoms with van der Waals surface area (Å²) >= 11 is 0. The molecular formula is C18H23F3N4O5. The molecule has 0 fully saturated rings. The molecule has 2 aromatic heterocycles. The molecule has 0 bridgehead atoms. The number of nitrogens with one attached hydrogen (secondary N) is 1. The van der Waals surface area contributed by atoms with Crippen molar-refractivity contribution in [3.8, 4) is 0 Å². The summed E-state index contributed by atoms with van der Waals surface area (Å²) in [5.74, 6) is -2.97. The van der Waals surface area contributed by atoms with Gasteiger partial charge in [0, 0.05) is 45.9 Å². The van der Waals surface area contributed by atoms with Gasteiger partial charge in [0.2, 0.25) is 5.91 Å². The van der Waals surface area contributed by atoms with E-state index in [-0.39, 0.29) is 11.8 Å². The van der Waals surface area contributed by atoms with Crippen molar-refractivity contribution in [3.63, 3.8) is 0 Å². The van der Waals surface area contributed by atoms with Crippen molar-refractivity contribution < 1.29 is 37.0 Å². The van der Waals surface area contributed by atoms with E-state index in [2.05, 4.69) is 15.2 Å². The van der Waals surface area contributed by atoms with Crippen LogP contribution in [0, 0.1) is 0 Å². The van der Waals surface area contributed by atoms with E-state index in [9.17, 15) is 18.0 Å². The topological polar surface area (TPSA) is 110 Å². The summed E-state index contributed by atoms with van der Waals surface area (Å²) in [7, 11) is 3.56. The summed E-state index contributed by atoms with van der Waals surface area (Å²) in [6.45, 7) is 3.17. The number of methoxy groups -OCH3 is 1. The number of carboxylic acid groups (broad SMARTS) is 1. The molecule has 30 heavy (non-hydrogen) atoms. The van der Waals surface area contributed by atoms with E-state index in [0.717, 1.165) is 30.0 Å². The second kappa shape index (κ2) is 10.3. The third-order valence-corrected chi connectivity index (χ3v) is 4.36. The van der Waals surface area contributed by atoms with Crippen LogP contribution in [0.15, 0.2) is 29.3 Å². The smallest absolute Gasteiger partial charge is 0.475 e. The number of aryl methyl sites for hydroxylation is 1. The van der Waals surface area contributed by atoms with E-state index >= 15 is 0 Å². The fourth-order valence-corrected chi connectivity index (χ4v) is 3.05. The minimum Gasteiger partial charge on any atom is -0.475 e. The number of carbonyl (C=O) groups excluding carboxylic acids is 1. The lowest BCUT2D eigenvalue weighted by Gasteiger charge is -2.31. The van der Waals surface area contributed by atoms with Crippen molar-refractivity contribution in [2.45, 2.75) is 25.2 Å². The summed E-state index contributed by atoms with van der Waals surface area (Å²) in [4.78, 5) is 28.2. The Balaban J connectivity index is 0.000000396. The Morgan fingerprint density at radius 1 is 1.43 bits per heavy atom. The molecule has 166 valence electrons. The summed E-state index contributed by atoms with van der Waals surface area (Å²) < 4.78 is 43.8. The largest absolute Gasteiger partial charge is 0.490 e. The lowest BCUT2D eigenvalue weighted by atomic mass is 9.96. The highest BCUT2D eigenvalue weighted by Gasteiger charge is 2.38. The van der Waals surface area contributed by atoms with E-state index < -0.39 is 12.1 Å². The molecular weight excluding hydrogens is 409 g/mol. The molecule has 1 unspecified atom stereocenters. The molecule has 0 radical (unpaired) electrons. The zero-order valence-corrected chi connectivity index (χ0v) is 16.5. The predicted molar refractivity (Wildman–Crippen MR) is 97.3 cm³/mol. The second-order valence-corrected chi connectivity index (χ2v) is 6.63. The Hall–Kier alpha value is -2.86. The fourth-order valence-electron chi connectivity index (χ4n) is 3.05. The standard InChI is InChI=1S/C16H22N4O3.C2HF3O2/c1-19-11-18-14-9-20(7-12-3-5-23-10-12)8-13(15(14)19)16(21)17-4-6-22-2;3-2(4,5)1(6)7/h3,5,10-11,13H,4,6-9H2,1-2H3,(H,17,21);(H,6,7). The average molecular weight is 432 g/mol. The Bertz CT molecular complexity index is 835. The minimum atomic E-state index is -5.08. The Morgan fingerprint density at radius 2 is 2.13 bits per heavy atom. The Labute approximate surface area is 170 Å². The molecule has 3 heterocycles. The molecule has 9 nitrogen and oxygen atoms in total. The van der Waals surface area contributed by atoms with E-state index in [1.54, 1.807) is 26.0 Å². The number of hydrogen-bond acceptors (Lipinski definition) is 6. The number of fused-ring (bicyclic) bond motifs is 1. The number of rotatable bonds is 6. The van der Waals surface area contributed by atoms with Gasteiger partial charge >= 0.3 is 12.1 Å². The number of alkyl halides is 3. The lowest BCUT2D eigenvalue weighted by molar-refractivity contribution is -0.192. The first kappa shape index (κ1) is 23.4. The van der Waals surface area contributed by atoms with Crippen molar-refractivity contribution in [1.82, 2.24) is 19.8 Å². The number of ether oxygens (including phenoxy) is 1. The Kier molecular flexibility index (Phi) is 8.00. The van der Waals surface area contributed by atoms with Gasteiger partial charge in [-0.25, -0.2) is 9.78 Å². The van der Waals surface area contributed by atoms with Gasteiger partial charge in [-0.3, -0.25) is 9.69 Å². The van der Waals surface area contributed by atoms with Crippen molar-refractivity contribution in [3.05, 3.63) is 41.9 Å². The maximum Gasteiger partial charge on any atom is 0.490 e. The number of imidazole rings is 1. The van der Waals surface area contributed by atoms with Crippen LogP contribution in [0.25, 0.3) is 0 Å². The number of nitrogens with zero attached hydrogens (tertiary/aromatic N) is 3. The number of furan rings is 1. The van der Waals surface area contributed by atoms with Crippen LogP contribution in [0.1, 0.15) is 22.9 Å². The van der Waals surface area contributed by atoms with Gasteiger partial charge in [-0.05, 0) is 6.07 Å². The van der Waals surface area contributed by atoms with Gasteiger partial charge in [0.05, 0.1) is 42.8 Å². The maximum atomic E-state index is 12.6. The monoisotopic (exact) mass is 432 g/mol. The summed E-state index contributed by atoms with van der Waals surface area (Å²) in [5.41, 5.74) is 3.07. The molecule has 1 aliphatic rings. The number of carbonyl (C=O) groups is 2.